The topological polar surface area (TPSA) is 124 Å². The van der Waals surface area contributed by atoms with Crippen LogP contribution in [-0.4, -0.2) is 63.5 Å². The van der Waals surface area contributed by atoms with E-state index in [1.165, 1.54) is 18.2 Å². The summed E-state index contributed by atoms with van der Waals surface area (Å²) in [6, 6.07) is 14.0. The molecule has 0 heterocycles. The second kappa shape index (κ2) is 30.1. The molecular formula is C45H58O10. The molecule has 0 bridgehead atoms. The number of rotatable bonds is 31. The number of carbonyl (C=O) groups is 4. The molecule has 0 saturated carbocycles. The van der Waals surface area contributed by atoms with Gasteiger partial charge >= 0.3 is 23.9 Å². The average Bonchev–Trinajstić information content (AvgIpc) is 3.20. The van der Waals surface area contributed by atoms with E-state index in [0.717, 1.165) is 82.6 Å². The predicted octanol–water partition coefficient (Wildman–Crippen LogP) is 9.20. The van der Waals surface area contributed by atoms with Crippen LogP contribution in [0.2, 0.25) is 0 Å². The van der Waals surface area contributed by atoms with E-state index in [2.05, 4.69) is 19.7 Å². The Labute approximate surface area is 326 Å². The normalized spacial score (nSPS) is 11.1. The fourth-order valence-corrected chi connectivity index (χ4v) is 5.15. The van der Waals surface area contributed by atoms with Crippen molar-refractivity contribution in [1.82, 2.24) is 0 Å². The Kier molecular flexibility index (Phi) is 25.2. The number of hydrogen-bond acceptors (Lipinski definition) is 10. The summed E-state index contributed by atoms with van der Waals surface area (Å²) in [6.45, 7) is 13.1. The molecule has 0 N–H and O–H groups in total. The molecule has 0 atom stereocenters. The van der Waals surface area contributed by atoms with E-state index in [9.17, 15) is 19.2 Å². The second-order valence-electron chi connectivity index (χ2n) is 12.6. The summed E-state index contributed by atoms with van der Waals surface area (Å²) in [5.74, 6) is -0.576. The molecule has 0 spiro atoms. The first-order valence-corrected chi connectivity index (χ1v) is 19.2. The van der Waals surface area contributed by atoms with Gasteiger partial charge in [0.1, 0.15) is 11.5 Å². The lowest BCUT2D eigenvalue weighted by Crippen LogP contribution is -2.10. The molecule has 0 amide bonds. The van der Waals surface area contributed by atoms with Gasteiger partial charge < -0.3 is 28.4 Å². The van der Waals surface area contributed by atoms with Gasteiger partial charge in [0.25, 0.3) is 0 Å². The highest BCUT2D eigenvalue weighted by Crippen LogP contribution is 2.18. The van der Waals surface area contributed by atoms with Gasteiger partial charge in [0.2, 0.25) is 0 Å². The first-order chi connectivity index (χ1) is 26.9. The van der Waals surface area contributed by atoms with Crippen LogP contribution in [0.25, 0.3) is 0 Å². The maximum atomic E-state index is 12.7. The zero-order valence-electron chi connectivity index (χ0n) is 32.2. The molecule has 10 heteroatoms. The van der Waals surface area contributed by atoms with Crippen LogP contribution in [0.15, 0.2) is 110 Å². The number of unbranched alkanes of at least 4 members (excludes halogenated alkanes) is 10. The molecule has 0 aliphatic rings. The highest BCUT2D eigenvalue weighted by atomic mass is 16.5. The Morgan fingerprint density at radius 3 is 1.65 bits per heavy atom. The fourth-order valence-electron chi connectivity index (χ4n) is 5.15. The molecule has 298 valence electrons. The first kappa shape index (κ1) is 45.9. The second-order valence-corrected chi connectivity index (χ2v) is 12.6. The number of allylic oxidation sites excluding steroid dienone is 2. The van der Waals surface area contributed by atoms with Crippen LogP contribution in [0.3, 0.4) is 0 Å². The molecule has 0 aliphatic carbocycles. The largest absolute Gasteiger partial charge is 0.494 e. The van der Waals surface area contributed by atoms with Gasteiger partial charge in [0, 0.05) is 25.2 Å². The SMILES string of the molecule is C=C/C=C(\C=C/COCCCCCCCCOC(=O)C=C)C(=O)OCCc1ccc(OC(=O)c2ccc(OCCCCCCCCOC(=O)C=C)cc2)cc1. The van der Waals surface area contributed by atoms with E-state index >= 15 is 0 Å². The highest BCUT2D eigenvalue weighted by Gasteiger charge is 2.10. The Morgan fingerprint density at radius 1 is 0.564 bits per heavy atom. The van der Waals surface area contributed by atoms with Gasteiger partial charge in [-0.3, -0.25) is 0 Å². The number of carbonyl (C=O) groups excluding carboxylic acids is 4. The van der Waals surface area contributed by atoms with Gasteiger partial charge in [-0.1, -0.05) is 95.4 Å². The lowest BCUT2D eigenvalue weighted by molar-refractivity contribution is -0.139. The van der Waals surface area contributed by atoms with E-state index in [4.69, 9.17) is 28.4 Å². The van der Waals surface area contributed by atoms with E-state index in [1.54, 1.807) is 54.6 Å². The lowest BCUT2D eigenvalue weighted by Gasteiger charge is -2.09. The maximum absolute atomic E-state index is 12.7. The van der Waals surface area contributed by atoms with Crippen LogP contribution >= 0.6 is 0 Å². The van der Waals surface area contributed by atoms with Crippen LogP contribution in [0.5, 0.6) is 11.5 Å². The first-order valence-electron chi connectivity index (χ1n) is 19.2. The summed E-state index contributed by atoms with van der Waals surface area (Å²) in [4.78, 5) is 47.3. The van der Waals surface area contributed by atoms with Gasteiger partial charge in [-0.15, -0.1) is 0 Å². The highest BCUT2D eigenvalue weighted by molar-refractivity contribution is 5.92. The predicted molar refractivity (Wildman–Crippen MR) is 214 cm³/mol. The molecule has 0 saturated heterocycles. The molecule has 0 aliphatic heterocycles. The van der Waals surface area contributed by atoms with Crippen molar-refractivity contribution in [3.05, 3.63) is 121 Å². The zero-order valence-corrected chi connectivity index (χ0v) is 32.2. The van der Waals surface area contributed by atoms with Crippen LogP contribution in [0.4, 0.5) is 0 Å². The Balaban J connectivity index is 1.58. The summed E-state index contributed by atoms with van der Waals surface area (Å²) < 4.78 is 32.4. The van der Waals surface area contributed by atoms with Gasteiger partial charge in [0.05, 0.1) is 44.2 Å². The Morgan fingerprint density at radius 2 is 1.09 bits per heavy atom. The minimum Gasteiger partial charge on any atom is -0.494 e. The number of ether oxygens (including phenoxy) is 6. The molecule has 2 rings (SSSR count). The fraction of sp³-hybridized carbons (Fsp3) is 0.422. The molecule has 55 heavy (non-hydrogen) atoms. The number of esters is 4. The van der Waals surface area contributed by atoms with Crippen LogP contribution in [-0.2, 0) is 39.8 Å². The molecule has 2 aromatic rings. The van der Waals surface area contributed by atoms with Crippen LogP contribution < -0.4 is 9.47 Å². The van der Waals surface area contributed by atoms with Crippen molar-refractivity contribution in [2.75, 3.05) is 39.6 Å². The molecule has 10 nitrogen and oxygen atoms in total. The third-order valence-electron chi connectivity index (χ3n) is 8.20. The van der Waals surface area contributed by atoms with E-state index < -0.39 is 11.9 Å². The Hall–Kier alpha value is -5.22. The molecule has 0 unspecified atom stereocenters. The summed E-state index contributed by atoms with van der Waals surface area (Å²) in [6.07, 6.45) is 21.5. The molecule has 0 radical (unpaired) electrons. The standard InChI is InChI=1S/C45H58O10/c1-4-20-38(21-19-32-50-31-15-11-7-8-13-17-34-52-42(46)5-2)44(48)54-36-30-37-22-26-41(27-23-37)55-45(49)39-24-28-40(29-25-39)51-33-16-12-9-10-14-18-35-53-43(47)6-3/h4-6,19-29H,1-3,7-18,30-36H2/b21-19-,38-20+. The van der Waals surface area contributed by atoms with Gasteiger partial charge in [-0.2, -0.15) is 0 Å². The quantitative estimate of drug-likeness (QED) is 0.0184. The maximum Gasteiger partial charge on any atom is 0.343 e. The summed E-state index contributed by atoms with van der Waals surface area (Å²) in [5, 5.41) is 0. The van der Waals surface area contributed by atoms with E-state index in [0.29, 0.717) is 62.1 Å². The van der Waals surface area contributed by atoms with Gasteiger partial charge in [-0.05, 0) is 79.8 Å². The average molecular weight is 759 g/mol. The van der Waals surface area contributed by atoms with Crippen molar-refractivity contribution in [3.8, 4) is 11.5 Å². The van der Waals surface area contributed by atoms with Crippen molar-refractivity contribution in [3.63, 3.8) is 0 Å². The van der Waals surface area contributed by atoms with E-state index in [1.807, 2.05) is 12.1 Å². The van der Waals surface area contributed by atoms with Crippen LogP contribution in [0.1, 0.15) is 93.0 Å². The minimum absolute atomic E-state index is 0.182. The molecule has 0 aromatic heterocycles. The van der Waals surface area contributed by atoms with E-state index in [-0.39, 0.29) is 18.5 Å². The van der Waals surface area contributed by atoms with Crippen molar-refractivity contribution in [2.45, 2.75) is 83.5 Å². The van der Waals surface area contributed by atoms with Crippen molar-refractivity contribution in [2.24, 2.45) is 0 Å². The number of benzene rings is 2. The van der Waals surface area contributed by atoms with Crippen LogP contribution in [0, 0.1) is 0 Å². The van der Waals surface area contributed by atoms with Crippen molar-refractivity contribution >= 4 is 23.9 Å². The minimum atomic E-state index is -0.471. The zero-order chi connectivity index (χ0) is 39.8. The third-order valence-corrected chi connectivity index (χ3v) is 8.20. The lowest BCUT2D eigenvalue weighted by atomic mass is 10.1. The molecule has 2 aromatic carbocycles. The molecule has 0 fully saturated rings. The smallest absolute Gasteiger partial charge is 0.343 e. The summed E-state index contributed by atoms with van der Waals surface area (Å²) in [7, 11) is 0. The number of hydrogen-bond donors (Lipinski definition) is 0. The summed E-state index contributed by atoms with van der Waals surface area (Å²) in [5.41, 5.74) is 1.72. The van der Waals surface area contributed by atoms with Gasteiger partial charge in [0.15, 0.2) is 0 Å². The van der Waals surface area contributed by atoms with Crippen molar-refractivity contribution in [1.29, 1.82) is 0 Å². The van der Waals surface area contributed by atoms with Gasteiger partial charge in [-0.25, -0.2) is 19.2 Å². The molecular weight excluding hydrogens is 700 g/mol. The Bertz CT molecular complexity index is 1510. The monoisotopic (exact) mass is 758 g/mol. The third kappa shape index (κ3) is 22.6. The van der Waals surface area contributed by atoms with Crippen molar-refractivity contribution < 1.29 is 47.6 Å². The summed E-state index contributed by atoms with van der Waals surface area (Å²) >= 11 is 0.